The Balaban J connectivity index is 1.49. The highest BCUT2D eigenvalue weighted by Gasteiger charge is 2.26. The van der Waals surface area contributed by atoms with Crippen LogP contribution in [-0.4, -0.2) is 54.0 Å². The number of methoxy groups -OCH3 is 1. The van der Waals surface area contributed by atoms with Crippen LogP contribution in [0, 0.1) is 13.8 Å². The van der Waals surface area contributed by atoms with E-state index in [-0.39, 0.29) is 5.91 Å². The van der Waals surface area contributed by atoms with Crippen LogP contribution in [0.5, 0.6) is 5.75 Å². The molecule has 2 aromatic heterocycles. The fourth-order valence-electron chi connectivity index (χ4n) is 3.97. The zero-order chi connectivity index (χ0) is 20.1. The number of likely N-dealkylation sites (tertiary alicyclic amines) is 1. The summed E-state index contributed by atoms with van der Waals surface area (Å²) in [7, 11) is 3.65. The van der Waals surface area contributed by atoms with Gasteiger partial charge in [-0.1, -0.05) is 0 Å². The Kier molecular flexibility index (Phi) is 6.73. The number of pyridine rings is 1. The molecule has 0 radical (unpaired) electrons. The highest BCUT2D eigenvalue weighted by Crippen LogP contribution is 2.26. The van der Waals surface area contributed by atoms with E-state index in [0.717, 1.165) is 67.0 Å². The van der Waals surface area contributed by atoms with Gasteiger partial charge in [0.25, 0.3) is 0 Å². The number of carbonyl (C=O) groups is 1. The largest absolute Gasteiger partial charge is 0.496 e. The Labute approximate surface area is 167 Å². The number of amides is 1. The molecule has 6 nitrogen and oxygen atoms in total. The molecule has 1 aliphatic rings. The first-order valence-corrected chi connectivity index (χ1v) is 9.97. The number of hydrogen-bond acceptors (Lipinski definition) is 5. The molecule has 6 heteroatoms. The highest BCUT2D eigenvalue weighted by atomic mass is 16.5. The van der Waals surface area contributed by atoms with Crippen molar-refractivity contribution in [1.29, 1.82) is 0 Å². The van der Waals surface area contributed by atoms with Gasteiger partial charge in [-0.15, -0.1) is 0 Å². The number of nitrogens with zero attached hydrogens (tertiary/aromatic N) is 3. The lowest BCUT2D eigenvalue weighted by molar-refractivity contribution is -0.132. The molecule has 0 aromatic carbocycles. The number of aryl methyl sites for hydroxylation is 2. The molecule has 3 heterocycles. The predicted octanol–water partition coefficient (Wildman–Crippen LogP) is 3.36. The van der Waals surface area contributed by atoms with E-state index in [1.807, 2.05) is 31.1 Å². The summed E-state index contributed by atoms with van der Waals surface area (Å²) in [6.45, 7) is 6.87. The Morgan fingerprint density at radius 1 is 1.36 bits per heavy atom. The van der Waals surface area contributed by atoms with E-state index < -0.39 is 0 Å². The van der Waals surface area contributed by atoms with Crippen molar-refractivity contribution < 1.29 is 13.9 Å². The zero-order valence-corrected chi connectivity index (χ0v) is 17.4. The van der Waals surface area contributed by atoms with Crippen molar-refractivity contribution in [2.75, 3.05) is 27.2 Å². The van der Waals surface area contributed by atoms with Crippen LogP contribution in [0.25, 0.3) is 0 Å². The van der Waals surface area contributed by atoms with Crippen LogP contribution in [0.2, 0.25) is 0 Å². The van der Waals surface area contributed by atoms with E-state index >= 15 is 0 Å². The van der Waals surface area contributed by atoms with Crippen LogP contribution in [0.15, 0.2) is 29.2 Å². The van der Waals surface area contributed by atoms with E-state index in [2.05, 4.69) is 16.8 Å². The van der Waals surface area contributed by atoms with Crippen molar-refractivity contribution in [3.63, 3.8) is 0 Å². The molecule has 3 rings (SSSR count). The second-order valence-corrected chi connectivity index (χ2v) is 7.69. The maximum absolute atomic E-state index is 12.5. The maximum Gasteiger partial charge on any atom is 0.222 e. The van der Waals surface area contributed by atoms with E-state index in [4.69, 9.17) is 9.15 Å². The maximum atomic E-state index is 12.5. The fraction of sp³-hybridized carbons (Fsp3) is 0.545. The molecule has 0 spiro atoms. The van der Waals surface area contributed by atoms with Gasteiger partial charge in [-0.05, 0) is 44.7 Å². The Morgan fingerprint density at radius 3 is 2.75 bits per heavy atom. The van der Waals surface area contributed by atoms with Crippen LogP contribution in [0.3, 0.4) is 0 Å². The number of ether oxygens (including phenoxy) is 1. The van der Waals surface area contributed by atoms with Crippen molar-refractivity contribution >= 4 is 5.91 Å². The number of rotatable bonds is 7. The van der Waals surface area contributed by atoms with E-state index in [0.29, 0.717) is 12.5 Å². The summed E-state index contributed by atoms with van der Waals surface area (Å²) in [6, 6.07) is 2.23. The van der Waals surface area contributed by atoms with Crippen LogP contribution >= 0.6 is 0 Å². The molecular formula is C22H31N3O3. The van der Waals surface area contributed by atoms with Gasteiger partial charge in [0.05, 0.1) is 25.3 Å². The Hall–Kier alpha value is -2.34. The second kappa shape index (κ2) is 9.24. The summed E-state index contributed by atoms with van der Waals surface area (Å²) < 4.78 is 10.6. The topological polar surface area (TPSA) is 58.8 Å². The monoisotopic (exact) mass is 385 g/mol. The van der Waals surface area contributed by atoms with Gasteiger partial charge in [0.2, 0.25) is 5.91 Å². The summed E-state index contributed by atoms with van der Waals surface area (Å²) >= 11 is 0. The first-order valence-electron chi connectivity index (χ1n) is 9.97. The van der Waals surface area contributed by atoms with Gasteiger partial charge in [0.15, 0.2) is 0 Å². The molecule has 1 fully saturated rings. The van der Waals surface area contributed by atoms with E-state index in [1.54, 1.807) is 19.6 Å². The molecule has 152 valence electrons. The summed E-state index contributed by atoms with van der Waals surface area (Å²) in [4.78, 5) is 21.5. The predicted molar refractivity (Wildman–Crippen MR) is 108 cm³/mol. The number of aromatic nitrogens is 1. The summed E-state index contributed by atoms with van der Waals surface area (Å²) in [5.74, 6) is 1.14. The summed E-state index contributed by atoms with van der Waals surface area (Å²) in [5.41, 5.74) is 4.34. The van der Waals surface area contributed by atoms with E-state index in [9.17, 15) is 4.79 Å². The van der Waals surface area contributed by atoms with Crippen molar-refractivity contribution in [2.24, 2.45) is 0 Å². The first kappa shape index (κ1) is 20.4. The molecule has 1 aliphatic heterocycles. The molecule has 0 saturated carbocycles. The molecule has 2 aromatic rings. The minimum atomic E-state index is 0.209. The van der Waals surface area contributed by atoms with Crippen molar-refractivity contribution in [1.82, 2.24) is 14.8 Å². The Morgan fingerprint density at radius 2 is 2.11 bits per heavy atom. The highest BCUT2D eigenvalue weighted by molar-refractivity contribution is 5.76. The van der Waals surface area contributed by atoms with Crippen molar-refractivity contribution in [2.45, 2.75) is 52.1 Å². The minimum Gasteiger partial charge on any atom is -0.496 e. The summed E-state index contributed by atoms with van der Waals surface area (Å²) in [5, 5.41) is 0. The SMILES string of the molecule is COc1c(C)cnc(CN2CCC(N(C)C(=O)CCc3ccoc3)CC2)c1C. The number of furan rings is 1. The standard InChI is InChI=1S/C22H31N3O3/c1-16-13-23-20(17(2)22(16)27-4)14-25-10-7-19(8-11-25)24(3)21(26)6-5-18-9-12-28-15-18/h9,12-13,15,19H,5-8,10-11,14H2,1-4H3. The molecule has 0 aliphatic carbocycles. The third-order valence-electron chi connectivity index (χ3n) is 5.83. The van der Waals surface area contributed by atoms with Gasteiger partial charge in [0.1, 0.15) is 5.75 Å². The summed E-state index contributed by atoms with van der Waals surface area (Å²) in [6.07, 6.45) is 8.51. The third kappa shape index (κ3) is 4.73. The van der Waals surface area contributed by atoms with Gasteiger partial charge >= 0.3 is 0 Å². The molecule has 0 unspecified atom stereocenters. The van der Waals surface area contributed by atoms with Crippen LogP contribution in [-0.2, 0) is 17.8 Å². The smallest absolute Gasteiger partial charge is 0.222 e. The first-order chi connectivity index (χ1) is 13.5. The third-order valence-corrected chi connectivity index (χ3v) is 5.83. The lowest BCUT2D eigenvalue weighted by Crippen LogP contribution is -2.45. The van der Waals surface area contributed by atoms with Crippen LogP contribution in [0.4, 0.5) is 0 Å². The number of carbonyl (C=O) groups excluding carboxylic acids is 1. The lowest BCUT2D eigenvalue weighted by Gasteiger charge is -2.37. The van der Waals surface area contributed by atoms with Crippen molar-refractivity contribution in [3.05, 3.63) is 47.2 Å². The van der Waals surface area contributed by atoms with Gasteiger partial charge in [-0.25, -0.2) is 0 Å². The second-order valence-electron chi connectivity index (χ2n) is 7.69. The Bertz CT molecular complexity index is 781. The quantitative estimate of drug-likeness (QED) is 0.731. The van der Waals surface area contributed by atoms with Gasteiger partial charge < -0.3 is 14.1 Å². The molecule has 0 atom stereocenters. The van der Waals surface area contributed by atoms with Crippen LogP contribution in [0.1, 0.15) is 41.6 Å². The molecule has 1 saturated heterocycles. The molecule has 0 bridgehead atoms. The van der Waals surface area contributed by atoms with Gasteiger partial charge in [-0.3, -0.25) is 14.7 Å². The molecule has 28 heavy (non-hydrogen) atoms. The van der Waals surface area contributed by atoms with Gasteiger partial charge in [0, 0.05) is 56.5 Å². The van der Waals surface area contributed by atoms with E-state index in [1.165, 1.54) is 0 Å². The molecular weight excluding hydrogens is 354 g/mol. The van der Waals surface area contributed by atoms with Crippen LogP contribution < -0.4 is 4.74 Å². The number of hydrogen-bond donors (Lipinski definition) is 0. The molecule has 1 amide bonds. The fourth-order valence-corrected chi connectivity index (χ4v) is 3.97. The van der Waals surface area contributed by atoms with Crippen molar-refractivity contribution in [3.8, 4) is 5.75 Å². The molecule has 0 N–H and O–H groups in total. The normalized spacial score (nSPS) is 15.6. The van der Waals surface area contributed by atoms with Gasteiger partial charge in [-0.2, -0.15) is 0 Å². The number of piperidine rings is 1. The lowest BCUT2D eigenvalue weighted by atomic mass is 10.0. The zero-order valence-electron chi connectivity index (χ0n) is 17.4. The average Bonchev–Trinajstić information content (AvgIpc) is 3.22. The average molecular weight is 386 g/mol. The minimum absolute atomic E-state index is 0.209.